The first kappa shape index (κ1) is 45.2. The summed E-state index contributed by atoms with van der Waals surface area (Å²) >= 11 is 0. The summed E-state index contributed by atoms with van der Waals surface area (Å²) in [5.41, 5.74) is 0. The minimum absolute atomic E-state index is 0. The second-order valence-electron chi connectivity index (χ2n) is 8.91. The first-order valence-corrected chi connectivity index (χ1v) is 20.7. The molecule has 0 aliphatic carbocycles. The van der Waals surface area contributed by atoms with Crippen molar-refractivity contribution in [2.75, 3.05) is 0 Å². The van der Waals surface area contributed by atoms with Crippen LogP contribution in [0.3, 0.4) is 0 Å². The van der Waals surface area contributed by atoms with E-state index in [-0.39, 0.29) is 85.6 Å². The number of hydrogen-bond acceptors (Lipinski definition) is 0. The van der Waals surface area contributed by atoms with Gasteiger partial charge >= 0.3 is 60.8 Å². The van der Waals surface area contributed by atoms with Crippen molar-refractivity contribution >= 4 is 56.0 Å². The second-order valence-corrected chi connectivity index (χ2v) is 28.1. The van der Waals surface area contributed by atoms with Crippen LogP contribution in [0.1, 0.15) is 0 Å². The predicted octanol–water partition coefficient (Wildman–Crippen LogP) is -6.31. The largest absolute Gasteiger partial charge is 2.00 e. The van der Waals surface area contributed by atoms with Gasteiger partial charge < -0.3 is 34.1 Å². The number of hydrogen-bond donors (Lipinski definition) is 0. The Morgan fingerprint density at radius 2 is 0.478 bits per heavy atom. The van der Waals surface area contributed by atoms with Crippen molar-refractivity contribution in [3.63, 3.8) is 0 Å². The van der Waals surface area contributed by atoms with Crippen LogP contribution in [0.15, 0.2) is 0 Å². The predicted molar refractivity (Wildman–Crippen MR) is 106 cm³/mol. The molecule has 23 heavy (non-hydrogen) atoms. The topological polar surface area (TPSA) is 28.2 Å². The zero-order valence-corrected chi connectivity index (χ0v) is 25.3. The summed E-state index contributed by atoms with van der Waals surface area (Å²) in [5, 5.41) is 0. The SMILES string of the molecule is C[Si](C)(C)[N-][Si](C)(C)C.C[Si](C)(C)[N-][Si](C)(C)C.[Cl-].[Cl-].[Li+].[Li+].[Mg+2]. The van der Waals surface area contributed by atoms with Crippen molar-refractivity contribution in [3.05, 3.63) is 9.30 Å². The average molecular weight is 430 g/mol. The number of nitrogens with zero attached hydrogens (tertiary/aromatic N) is 2. The molecule has 0 amide bonds. The number of halogens is 2. The van der Waals surface area contributed by atoms with Crippen LogP contribution in [0.2, 0.25) is 78.6 Å². The van der Waals surface area contributed by atoms with Gasteiger partial charge in [0.1, 0.15) is 0 Å². The molecule has 0 bridgehead atoms. The van der Waals surface area contributed by atoms with E-state index < -0.39 is 32.9 Å². The van der Waals surface area contributed by atoms with Gasteiger partial charge in [-0.3, -0.25) is 0 Å². The van der Waals surface area contributed by atoms with Gasteiger partial charge in [-0.05, 0) is 0 Å². The Hall–Kier alpha value is 3.33. The van der Waals surface area contributed by atoms with Crippen LogP contribution in [0, 0.1) is 0 Å². The van der Waals surface area contributed by atoms with Crippen molar-refractivity contribution < 1.29 is 62.5 Å². The maximum absolute atomic E-state index is 4.82. The molecule has 0 fully saturated rings. The molecular formula is C12H36Cl2Li2MgN2Si4. The second kappa shape index (κ2) is 17.4. The van der Waals surface area contributed by atoms with Crippen LogP contribution < -0.4 is 62.5 Å². The Morgan fingerprint density at radius 1 is 0.391 bits per heavy atom. The average Bonchev–Trinajstić information content (AvgIpc) is 1.64. The normalized spacial score (nSPS) is 11.0. The van der Waals surface area contributed by atoms with Crippen LogP contribution in [0.25, 0.3) is 9.30 Å². The zero-order chi connectivity index (χ0) is 15.4. The molecule has 0 heterocycles. The standard InChI is InChI=1S/2C6H18NSi2.2ClH.2Li.Mg/c2*1-8(2,3)7-9(4,5)6;;;;;/h2*1-6H3;2*1H;;;/q2*-1;;;2*+1;+2/p-2. The molecule has 0 aliphatic rings. The summed E-state index contributed by atoms with van der Waals surface area (Å²) in [7, 11) is -4.42. The van der Waals surface area contributed by atoms with E-state index in [1.807, 2.05) is 0 Å². The molecule has 0 N–H and O–H groups in total. The molecule has 0 aromatic rings. The monoisotopic (exact) mass is 428 g/mol. The molecule has 2 nitrogen and oxygen atoms in total. The van der Waals surface area contributed by atoms with Gasteiger partial charge in [-0.1, -0.05) is 112 Å². The molecule has 128 valence electrons. The summed E-state index contributed by atoms with van der Waals surface area (Å²) in [6.07, 6.45) is 0. The van der Waals surface area contributed by atoms with Crippen LogP contribution in [0.5, 0.6) is 0 Å². The number of rotatable bonds is 4. The third-order valence-corrected chi connectivity index (χ3v) is 12.1. The van der Waals surface area contributed by atoms with E-state index in [2.05, 4.69) is 78.6 Å². The van der Waals surface area contributed by atoms with E-state index >= 15 is 0 Å². The Balaban J connectivity index is -0.0000000366. The molecule has 0 spiro atoms. The van der Waals surface area contributed by atoms with Gasteiger partial charge in [0.25, 0.3) is 0 Å². The summed E-state index contributed by atoms with van der Waals surface area (Å²) in [4.78, 5) is 0. The summed E-state index contributed by atoms with van der Waals surface area (Å²) in [6.45, 7) is 27.6. The van der Waals surface area contributed by atoms with Crippen molar-refractivity contribution in [3.8, 4) is 0 Å². The first-order valence-electron chi connectivity index (χ1n) is 6.89. The molecule has 0 atom stereocenters. The fraction of sp³-hybridized carbons (Fsp3) is 1.00. The van der Waals surface area contributed by atoms with Gasteiger partial charge in [-0.2, -0.15) is 0 Å². The van der Waals surface area contributed by atoms with Crippen LogP contribution in [-0.2, 0) is 0 Å². The fourth-order valence-corrected chi connectivity index (χ4v) is 18.1. The van der Waals surface area contributed by atoms with Crippen LogP contribution in [-0.4, -0.2) is 56.0 Å². The minimum Gasteiger partial charge on any atom is -1.00 e. The third kappa shape index (κ3) is 58.7. The van der Waals surface area contributed by atoms with Crippen molar-refractivity contribution in [1.29, 1.82) is 0 Å². The quantitative estimate of drug-likeness (QED) is 0.398. The van der Waals surface area contributed by atoms with E-state index in [0.29, 0.717) is 0 Å². The fourth-order valence-electron chi connectivity index (χ4n) is 2.01. The molecule has 11 heteroatoms. The molecule has 0 radical (unpaired) electrons. The molecule has 0 saturated heterocycles. The molecule has 0 saturated carbocycles. The Morgan fingerprint density at radius 3 is 0.478 bits per heavy atom. The molecule has 0 aromatic heterocycles. The first-order chi connectivity index (χ1) is 7.41. The van der Waals surface area contributed by atoms with Gasteiger partial charge in [0.15, 0.2) is 0 Å². The molecule has 0 unspecified atom stereocenters. The smallest absolute Gasteiger partial charge is 1.00 e. The maximum atomic E-state index is 4.82. The van der Waals surface area contributed by atoms with E-state index in [1.165, 1.54) is 0 Å². The molecule has 0 aliphatic heterocycles. The Labute approximate surface area is 204 Å². The Bertz CT molecular complexity index is 203. The third-order valence-electron chi connectivity index (χ3n) is 1.34. The Kier molecular flexibility index (Phi) is 34.3. The minimum atomic E-state index is -1.11. The van der Waals surface area contributed by atoms with Crippen LogP contribution >= 0.6 is 0 Å². The van der Waals surface area contributed by atoms with Gasteiger partial charge in [-0.25, -0.2) is 0 Å². The maximum Gasteiger partial charge on any atom is 2.00 e. The molecule has 0 aromatic carbocycles. The summed E-state index contributed by atoms with van der Waals surface area (Å²) in [6, 6.07) is 0. The van der Waals surface area contributed by atoms with Crippen molar-refractivity contribution in [2.24, 2.45) is 0 Å². The van der Waals surface area contributed by atoms with Gasteiger partial charge in [0, 0.05) is 0 Å². The zero-order valence-electron chi connectivity index (χ0n) is 18.4. The van der Waals surface area contributed by atoms with E-state index in [1.54, 1.807) is 0 Å². The van der Waals surface area contributed by atoms with E-state index in [9.17, 15) is 0 Å². The van der Waals surface area contributed by atoms with Gasteiger partial charge in [-0.15, -0.1) is 0 Å². The summed E-state index contributed by atoms with van der Waals surface area (Å²) in [5.74, 6) is 0. The van der Waals surface area contributed by atoms with Gasteiger partial charge in [0.2, 0.25) is 0 Å². The van der Waals surface area contributed by atoms with Crippen molar-refractivity contribution in [2.45, 2.75) is 78.6 Å². The van der Waals surface area contributed by atoms with Crippen LogP contribution in [0.4, 0.5) is 0 Å². The summed E-state index contributed by atoms with van der Waals surface area (Å²) < 4.78 is 9.64. The van der Waals surface area contributed by atoms with Crippen molar-refractivity contribution in [1.82, 2.24) is 0 Å². The molecular weight excluding hydrogens is 394 g/mol. The van der Waals surface area contributed by atoms with E-state index in [0.717, 1.165) is 0 Å². The van der Waals surface area contributed by atoms with Gasteiger partial charge in [0.05, 0.1) is 0 Å². The van der Waals surface area contributed by atoms with E-state index in [4.69, 9.17) is 9.30 Å². The molecule has 0 rings (SSSR count).